The summed E-state index contributed by atoms with van der Waals surface area (Å²) in [6.45, 7) is 4.95. The summed E-state index contributed by atoms with van der Waals surface area (Å²) in [6, 6.07) is 4.98. The molecule has 1 aromatic carbocycles. The summed E-state index contributed by atoms with van der Waals surface area (Å²) in [6.07, 6.45) is -4.42. The summed E-state index contributed by atoms with van der Waals surface area (Å²) < 4.78 is 67.5. The number of aliphatic imine (C=N–C) groups is 1. The average Bonchev–Trinajstić information content (AvgIpc) is 2.61. The monoisotopic (exact) mass is 552 g/mol. The molecular formula is C17H28F3IN4O3S. The molecule has 0 unspecified atom stereocenters. The smallest absolute Gasteiger partial charge is 0.422 e. The number of halogens is 4. The van der Waals surface area contributed by atoms with Crippen LogP contribution in [0.2, 0.25) is 0 Å². The van der Waals surface area contributed by atoms with Crippen molar-refractivity contribution in [1.82, 2.24) is 15.4 Å². The summed E-state index contributed by atoms with van der Waals surface area (Å²) in [4.78, 5) is 4.33. The molecule has 0 amide bonds. The molecular weight excluding hydrogens is 524 g/mol. The average molecular weight is 552 g/mol. The molecule has 29 heavy (non-hydrogen) atoms. The van der Waals surface area contributed by atoms with Gasteiger partial charge in [0.25, 0.3) is 0 Å². The summed E-state index contributed by atoms with van der Waals surface area (Å²) in [7, 11) is -3.27. The summed E-state index contributed by atoms with van der Waals surface area (Å²) in [5.74, 6) is 0.545. The number of nitrogens with zero attached hydrogens (tertiary/aromatic N) is 1. The second kappa shape index (κ2) is 13.1. The summed E-state index contributed by atoms with van der Waals surface area (Å²) in [5.41, 5.74) is 1.29. The minimum atomic E-state index is -4.42. The van der Waals surface area contributed by atoms with Crippen molar-refractivity contribution < 1.29 is 26.3 Å². The Morgan fingerprint density at radius 2 is 1.86 bits per heavy atom. The van der Waals surface area contributed by atoms with E-state index < -0.39 is 22.8 Å². The number of hydrogen-bond donors (Lipinski definition) is 3. The third-order valence-corrected chi connectivity index (χ3v) is 4.89. The van der Waals surface area contributed by atoms with E-state index in [2.05, 4.69) is 20.3 Å². The third-order valence-electron chi connectivity index (χ3n) is 3.49. The first-order chi connectivity index (χ1) is 13.1. The minimum absolute atomic E-state index is 0. The van der Waals surface area contributed by atoms with Gasteiger partial charge < -0.3 is 15.4 Å². The van der Waals surface area contributed by atoms with Crippen LogP contribution in [0.3, 0.4) is 0 Å². The van der Waals surface area contributed by atoms with Crippen LogP contribution in [0.25, 0.3) is 0 Å². The van der Waals surface area contributed by atoms with Crippen molar-refractivity contribution in [2.45, 2.75) is 33.5 Å². The summed E-state index contributed by atoms with van der Waals surface area (Å²) in [5, 5.41) is 5.96. The molecule has 7 nitrogen and oxygen atoms in total. The van der Waals surface area contributed by atoms with E-state index in [1.165, 1.54) is 6.07 Å². The number of benzene rings is 1. The van der Waals surface area contributed by atoms with Gasteiger partial charge in [0.15, 0.2) is 12.6 Å². The molecule has 0 aromatic heterocycles. The quantitative estimate of drug-likeness (QED) is 0.180. The third kappa shape index (κ3) is 12.1. The Hall–Kier alpha value is -1.28. The Balaban J connectivity index is 0.00000784. The molecule has 0 bridgehead atoms. The van der Waals surface area contributed by atoms with Crippen molar-refractivity contribution in [3.63, 3.8) is 0 Å². The highest BCUT2D eigenvalue weighted by atomic mass is 127. The Labute approximate surface area is 187 Å². The van der Waals surface area contributed by atoms with Crippen molar-refractivity contribution in [1.29, 1.82) is 0 Å². The van der Waals surface area contributed by atoms with Gasteiger partial charge in [0.05, 0.1) is 12.3 Å². The molecule has 0 aliphatic carbocycles. The van der Waals surface area contributed by atoms with E-state index in [9.17, 15) is 21.6 Å². The first kappa shape index (κ1) is 27.7. The maximum atomic E-state index is 12.4. The molecule has 12 heteroatoms. The maximum absolute atomic E-state index is 12.4. The van der Waals surface area contributed by atoms with E-state index in [-0.39, 0.29) is 48.6 Å². The van der Waals surface area contributed by atoms with Crippen LogP contribution in [0, 0.1) is 6.92 Å². The largest absolute Gasteiger partial charge is 0.484 e. The molecule has 0 heterocycles. The van der Waals surface area contributed by atoms with Gasteiger partial charge >= 0.3 is 6.18 Å². The zero-order valence-corrected chi connectivity index (χ0v) is 19.7. The molecule has 0 aliphatic rings. The molecule has 0 aliphatic heterocycles. The van der Waals surface area contributed by atoms with Crippen LogP contribution < -0.4 is 20.1 Å². The lowest BCUT2D eigenvalue weighted by atomic mass is 10.1. The highest BCUT2D eigenvalue weighted by molar-refractivity contribution is 14.0. The Bertz CT molecular complexity index is 759. The Morgan fingerprint density at radius 1 is 1.17 bits per heavy atom. The second-order valence-electron chi connectivity index (χ2n) is 5.93. The van der Waals surface area contributed by atoms with Gasteiger partial charge in [0, 0.05) is 25.2 Å². The number of sulfonamides is 1. The normalized spacial score (nSPS) is 12.3. The number of aryl methyl sites for hydroxylation is 1. The van der Waals surface area contributed by atoms with Crippen LogP contribution in [-0.4, -0.2) is 52.5 Å². The Morgan fingerprint density at radius 3 is 2.45 bits per heavy atom. The lowest BCUT2D eigenvalue weighted by Crippen LogP contribution is -2.41. The predicted octanol–water partition coefficient (Wildman–Crippen LogP) is 2.55. The molecule has 0 radical (unpaired) electrons. The fourth-order valence-corrected chi connectivity index (χ4v) is 2.70. The number of guanidine groups is 1. The molecule has 1 aromatic rings. The highest BCUT2D eigenvalue weighted by Gasteiger charge is 2.28. The van der Waals surface area contributed by atoms with Gasteiger partial charge in [-0.05, 0) is 32.4 Å². The van der Waals surface area contributed by atoms with Crippen LogP contribution in [0.15, 0.2) is 23.2 Å². The van der Waals surface area contributed by atoms with E-state index >= 15 is 0 Å². The zero-order valence-electron chi connectivity index (χ0n) is 16.6. The molecule has 0 saturated carbocycles. The van der Waals surface area contributed by atoms with Gasteiger partial charge in [0.2, 0.25) is 10.0 Å². The number of ether oxygens (including phenoxy) is 1. The van der Waals surface area contributed by atoms with Crippen molar-refractivity contribution in [3.05, 3.63) is 29.3 Å². The van der Waals surface area contributed by atoms with Crippen molar-refractivity contribution in [3.8, 4) is 5.75 Å². The van der Waals surface area contributed by atoms with Gasteiger partial charge in [-0.3, -0.25) is 0 Å². The van der Waals surface area contributed by atoms with Crippen molar-refractivity contribution >= 4 is 40.0 Å². The fourth-order valence-electron chi connectivity index (χ4n) is 2.08. The van der Waals surface area contributed by atoms with E-state index in [1.54, 1.807) is 26.0 Å². The standard InChI is InChI=1S/C17H27F3N4O3S.HI/c1-4-21-16(22-8-9-24-28(25,26)5-2)23-11-14-7-6-13(3)10-15(14)27-12-17(18,19)20;/h6-7,10,24H,4-5,8-9,11-12H2,1-3H3,(H2,21,22,23);1H. The van der Waals surface area contributed by atoms with Gasteiger partial charge in [-0.25, -0.2) is 18.1 Å². The molecule has 3 N–H and O–H groups in total. The first-order valence-electron chi connectivity index (χ1n) is 8.85. The van der Waals surface area contributed by atoms with Crippen LogP contribution in [0.1, 0.15) is 25.0 Å². The van der Waals surface area contributed by atoms with E-state index in [4.69, 9.17) is 4.74 Å². The van der Waals surface area contributed by atoms with E-state index in [0.717, 1.165) is 5.56 Å². The molecule has 0 fully saturated rings. The lowest BCUT2D eigenvalue weighted by molar-refractivity contribution is -0.153. The van der Waals surface area contributed by atoms with Gasteiger partial charge in [0.1, 0.15) is 5.75 Å². The highest BCUT2D eigenvalue weighted by Crippen LogP contribution is 2.24. The minimum Gasteiger partial charge on any atom is -0.484 e. The first-order valence-corrected chi connectivity index (χ1v) is 10.5. The topological polar surface area (TPSA) is 91.8 Å². The van der Waals surface area contributed by atoms with Gasteiger partial charge in [-0.15, -0.1) is 24.0 Å². The number of nitrogens with one attached hydrogen (secondary N) is 3. The zero-order chi connectivity index (χ0) is 21.2. The van der Waals surface area contributed by atoms with E-state index in [1.807, 2.05) is 6.92 Å². The van der Waals surface area contributed by atoms with Gasteiger partial charge in [-0.1, -0.05) is 12.1 Å². The van der Waals surface area contributed by atoms with Crippen molar-refractivity contribution in [2.24, 2.45) is 4.99 Å². The Kier molecular flexibility index (Phi) is 12.5. The number of alkyl halides is 3. The lowest BCUT2D eigenvalue weighted by Gasteiger charge is -2.14. The SMILES string of the molecule is CCNC(=NCc1ccc(C)cc1OCC(F)(F)F)NCCNS(=O)(=O)CC.I. The molecule has 0 saturated heterocycles. The molecule has 168 valence electrons. The van der Waals surface area contributed by atoms with Gasteiger partial charge in [-0.2, -0.15) is 13.2 Å². The number of hydrogen-bond acceptors (Lipinski definition) is 4. The van der Waals surface area contributed by atoms with Crippen molar-refractivity contribution in [2.75, 3.05) is 32.0 Å². The molecule has 1 rings (SSSR count). The van der Waals surface area contributed by atoms with Crippen LogP contribution >= 0.6 is 24.0 Å². The maximum Gasteiger partial charge on any atom is 0.422 e. The van der Waals surface area contributed by atoms with Crippen LogP contribution in [0.4, 0.5) is 13.2 Å². The van der Waals surface area contributed by atoms with Crippen LogP contribution in [-0.2, 0) is 16.6 Å². The fraction of sp³-hybridized carbons (Fsp3) is 0.588. The van der Waals surface area contributed by atoms with E-state index in [0.29, 0.717) is 24.6 Å². The molecule has 0 spiro atoms. The second-order valence-corrected chi connectivity index (χ2v) is 8.03. The predicted molar refractivity (Wildman–Crippen MR) is 118 cm³/mol. The van der Waals surface area contributed by atoms with Crippen LogP contribution in [0.5, 0.6) is 5.75 Å². The summed E-state index contributed by atoms with van der Waals surface area (Å²) >= 11 is 0. The number of rotatable bonds is 10. The molecule has 0 atom stereocenters.